The summed E-state index contributed by atoms with van der Waals surface area (Å²) in [5.74, 6) is 0.288. The van der Waals surface area contributed by atoms with Crippen molar-refractivity contribution in [2.45, 2.75) is 30.3 Å². The minimum Gasteiger partial charge on any atom is -0.497 e. The first-order valence-corrected chi connectivity index (χ1v) is 12.0. The van der Waals surface area contributed by atoms with Crippen molar-refractivity contribution in [1.82, 2.24) is 9.62 Å². The van der Waals surface area contributed by atoms with Gasteiger partial charge in [0.15, 0.2) is 0 Å². The van der Waals surface area contributed by atoms with Crippen LogP contribution < -0.4 is 10.1 Å². The van der Waals surface area contributed by atoms with Crippen LogP contribution in [0.5, 0.6) is 5.75 Å². The fraction of sp³-hybridized carbons (Fsp3) is 0.240. The molecule has 0 fully saturated rings. The van der Waals surface area contributed by atoms with Gasteiger partial charge in [0.05, 0.1) is 12.0 Å². The van der Waals surface area contributed by atoms with E-state index in [9.17, 15) is 13.2 Å². The molecule has 0 aromatic heterocycles. The Balaban J connectivity index is 1.58. The fourth-order valence-corrected chi connectivity index (χ4v) is 5.52. The number of hydrogen-bond donors (Lipinski definition) is 1. The molecule has 6 nitrogen and oxygen atoms in total. The number of fused-ring (bicyclic) bond motifs is 1. The molecule has 1 heterocycles. The van der Waals surface area contributed by atoms with Crippen LogP contribution in [0.3, 0.4) is 0 Å². The van der Waals surface area contributed by atoms with E-state index in [0.717, 1.165) is 16.7 Å². The first-order chi connectivity index (χ1) is 15.5. The van der Waals surface area contributed by atoms with Crippen molar-refractivity contribution < 1.29 is 17.9 Å². The highest BCUT2D eigenvalue weighted by atomic mass is 32.2. The summed E-state index contributed by atoms with van der Waals surface area (Å²) in [6.07, 6.45) is 1.02. The van der Waals surface area contributed by atoms with Gasteiger partial charge in [0.25, 0.3) is 0 Å². The van der Waals surface area contributed by atoms with Gasteiger partial charge in [-0.2, -0.15) is 4.31 Å². The summed E-state index contributed by atoms with van der Waals surface area (Å²) >= 11 is 0. The van der Waals surface area contributed by atoms with Gasteiger partial charge in [-0.15, -0.1) is 0 Å². The van der Waals surface area contributed by atoms with Crippen molar-refractivity contribution in [1.29, 1.82) is 0 Å². The molecule has 0 saturated heterocycles. The lowest BCUT2D eigenvalue weighted by molar-refractivity contribution is -0.125. The van der Waals surface area contributed by atoms with Crippen molar-refractivity contribution in [3.63, 3.8) is 0 Å². The van der Waals surface area contributed by atoms with E-state index >= 15 is 0 Å². The summed E-state index contributed by atoms with van der Waals surface area (Å²) in [5, 5.41) is 2.94. The average molecular weight is 451 g/mol. The standard InChI is InChI=1S/C25H26N2O4S/c1-31-22-11-13-23(14-12-22)32(29,30)27-18-21-10-6-5-9-20(21)17-24(27)25(28)26-16-15-19-7-3-2-4-8-19/h2-14,24H,15-18H2,1H3,(H,26,28)/t24-/m1/s1. The lowest BCUT2D eigenvalue weighted by atomic mass is 9.95. The van der Waals surface area contributed by atoms with Crippen molar-refractivity contribution >= 4 is 15.9 Å². The number of nitrogens with zero attached hydrogens (tertiary/aromatic N) is 1. The van der Waals surface area contributed by atoms with Gasteiger partial charge in [-0.1, -0.05) is 54.6 Å². The summed E-state index contributed by atoms with van der Waals surface area (Å²) < 4.78 is 33.5. The number of carbonyl (C=O) groups excluding carboxylic acids is 1. The second-order valence-corrected chi connectivity index (χ2v) is 9.63. The maximum absolute atomic E-state index is 13.5. The third-order valence-electron chi connectivity index (χ3n) is 5.73. The smallest absolute Gasteiger partial charge is 0.244 e. The largest absolute Gasteiger partial charge is 0.497 e. The Kier molecular flexibility index (Phi) is 6.58. The lowest BCUT2D eigenvalue weighted by Gasteiger charge is -2.35. The molecule has 1 aliphatic heterocycles. The highest BCUT2D eigenvalue weighted by molar-refractivity contribution is 7.89. The molecule has 4 rings (SSSR count). The zero-order chi connectivity index (χ0) is 22.6. The molecule has 0 saturated carbocycles. The summed E-state index contributed by atoms with van der Waals surface area (Å²) in [6, 6.07) is 23.0. The van der Waals surface area contributed by atoms with E-state index in [0.29, 0.717) is 25.1 Å². The van der Waals surface area contributed by atoms with E-state index in [1.807, 2.05) is 54.6 Å². The van der Waals surface area contributed by atoms with Crippen molar-refractivity contribution in [3.8, 4) is 5.75 Å². The highest BCUT2D eigenvalue weighted by Crippen LogP contribution is 2.30. The van der Waals surface area contributed by atoms with Crippen LogP contribution in [0.4, 0.5) is 0 Å². The van der Waals surface area contributed by atoms with Crippen LogP contribution in [-0.2, 0) is 34.2 Å². The molecule has 3 aromatic rings. The summed E-state index contributed by atoms with van der Waals surface area (Å²) in [7, 11) is -2.36. The average Bonchev–Trinajstić information content (AvgIpc) is 2.83. The van der Waals surface area contributed by atoms with Crippen LogP contribution in [0, 0.1) is 0 Å². The summed E-state index contributed by atoms with van der Waals surface area (Å²) in [4.78, 5) is 13.3. The molecular weight excluding hydrogens is 424 g/mol. The monoisotopic (exact) mass is 450 g/mol. The highest BCUT2D eigenvalue weighted by Gasteiger charge is 2.39. The number of nitrogens with one attached hydrogen (secondary N) is 1. The molecule has 0 aliphatic carbocycles. The third-order valence-corrected chi connectivity index (χ3v) is 7.60. The van der Waals surface area contributed by atoms with Crippen LogP contribution in [0.15, 0.2) is 83.8 Å². The van der Waals surface area contributed by atoms with Crippen LogP contribution in [-0.4, -0.2) is 38.3 Å². The number of hydrogen-bond acceptors (Lipinski definition) is 4. The molecule has 1 amide bonds. The van der Waals surface area contributed by atoms with Gasteiger partial charge in [-0.05, 0) is 53.8 Å². The number of methoxy groups -OCH3 is 1. The first-order valence-electron chi connectivity index (χ1n) is 10.5. The van der Waals surface area contributed by atoms with Crippen LogP contribution in [0.1, 0.15) is 16.7 Å². The second kappa shape index (κ2) is 9.54. The molecule has 1 N–H and O–H groups in total. The van der Waals surface area contributed by atoms with E-state index in [1.165, 1.54) is 23.5 Å². The summed E-state index contributed by atoms with van der Waals surface area (Å²) in [5.41, 5.74) is 3.03. The maximum atomic E-state index is 13.5. The SMILES string of the molecule is COc1ccc(S(=O)(=O)N2Cc3ccccc3C[C@@H]2C(=O)NCCc2ccccc2)cc1. The zero-order valence-electron chi connectivity index (χ0n) is 17.9. The number of rotatable bonds is 7. The summed E-state index contributed by atoms with van der Waals surface area (Å²) in [6.45, 7) is 0.596. The van der Waals surface area contributed by atoms with Gasteiger partial charge in [-0.25, -0.2) is 8.42 Å². The quantitative estimate of drug-likeness (QED) is 0.600. The Hall–Kier alpha value is -3.16. The predicted molar refractivity (Wildman–Crippen MR) is 123 cm³/mol. The molecule has 3 aromatic carbocycles. The van der Waals surface area contributed by atoms with Crippen LogP contribution in [0.2, 0.25) is 0 Å². The number of benzene rings is 3. The van der Waals surface area contributed by atoms with Crippen molar-refractivity contribution in [3.05, 3.63) is 95.6 Å². The Labute approximate surface area is 188 Å². The van der Waals surface area contributed by atoms with Gasteiger partial charge in [-0.3, -0.25) is 4.79 Å². The fourth-order valence-electron chi connectivity index (χ4n) is 3.95. The third kappa shape index (κ3) is 4.69. The zero-order valence-corrected chi connectivity index (χ0v) is 18.7. The Bertz CT molecular complexity index is 1180. The van der Waals surface area contributed by atoms with Crippen LogP contribution >= 0.6 is 0 Å². The topological polar surface area (TPSA) is 75.7 Å². The van der Waals surface area contributed by atoms with Gasteiger partial charge < -0.3 is 10.1 Å². The van der Waals surface area contributed by atoms with E-state index in [2.05, 4.69) is 5.32 Å². The molecule has 1 aliphatic rings. The van der Waals surface area contributed by atoms with Gasteiger partial charge >= 0.3 is 0 Å². The van der Waals surface area contributed by atoms with E-state index in [-0.39, 0.29) is 17.3 Å². The molecule has 0 radical (unpaired) electrons. The Morgan fingerprint density at radius 1 is 0.969 bits per heavy atom. The first kappa shape index (κ1) is 22.0. The number of sulfonamides is 1. The maximum Gasteiger partial charge on any atom is 0.244 e. The second-order valence-electron chi connectivity index (χ2n) is 7.74. The van der Waals surface area contributed by atoms with Crippen molar-refractivity contribution in [2.75, 3.05) is 13.7 Å². The van der Waals surface area contributed by atoms with Gasteiger partial charge in [0.2, 0.25) is 15.9 Å². The Morgan fingerprint density at radius 3 is 2.31 bits per heavy atom. The minimum atomic E-state index is -3.88. The molecule has 32 heavy (non-hydrogen) atoms. The van der Waals surface area contributed by atoms with Gasteiger partial charge in [0, 0.05) is 13.1 Å². The predicted octanol–water partition coefficient (Wildman–Crippen LogP) is 3.17. The normalized spacial score (nSPS) is 16.2. The van der Waals surface area contributed by atoms with Crippen LogP contribution in [0.25, 0.3) is 0 Å². The van der Waals surface area contributed by atoms with E-state index in [4.69, 9.17) is 4.74 Å². The number of amides is 1. The molecule has 166 valence electrons. The molecule has 7 heteroatoms. The van der Waals surface area contributed by atoms with Crippen molar-refractivity contribution in [2.24, 2.45) is 0 Å². The Morgan fingerprint density at radius 2 is 1.62 bits per heavy atom. The molecule has 0 bridgehead atoms. The van der Waals surface area contributed by atoms with Gasteiger partial charge in [0.1, 0.15) is 11.8 Å². The lowest BCUT2D eigenvalue weighted by Crippen LogP contribution is -2.52. The molecule has 1 atom stereocenters. The molecule has 0 unspecified atom stereocenters. The van der Waals surface area contributed by atoms with E-state index < -0.39 is 16.1 Å². The van der Waals surface area contributed by atoms with E-state index in [1.54, 1.807) is 12.1 Å². The molecular formula is C25H26N2O4S. The number of carbonyl (C=O) groups is 1. The minimum absolute atomic E-state index is 0.139. The number of ether oxygens (including phenoxy) is 1. The molecule has 0 spiro atoms.